The molecule has 3 saturated heterocycles. The lowest BCUT2D eigenvalue weighted by Gasteiger charge is -2.43. The number of benzene rings is 2. The van der Waals surface area contributed by atoms with Crippen molar-refractivity contribution < 1.29 is 38.5 Å². The second-order valence-corrected chi connectivity index (χ2v) is 21.8. The number of aromatic hydroxyl groups is 1. The number of nitrogens with zero attached hydrogens (tertiary/aromatic N) is 9. The third kappa shape index (κ3) is 11.2. The number of amides is 2. The average Bonchev–Trinajstić information content (AvgIpc) is 4.28. The molecule has 20 heteroatoms. The van der Waals surface area contributed by atoms with Crippen molar-refractivity contribution in [1.82, 2.24) is 40.5 Å². The SMILES string of the molecule is Cc1ncsc1-c1ccc([C@H](C)NC(=O)[C@@H]2C[C@@H](O)CN2C(=O)[C@H](c2cc(OC/C=C/c3ccc(O[C@H]4C[C@H](Oc5cc(N6C7CCC6CN(c6cc(-c8ccccc8O)nnc6N)C7)ccn5)C4)cn3)no2)C(C)C)cc1. The number of β-amino-alcohol motifs (C(OH)–C–C–N with tert-alkyl or cyclic N) is 1. The summed E-state index contributed by atoms with van der Waals surface area (Å²) in [5.41, 5.74) is 15.0. The predicted molar refractivity (Wildman–Crippen MR) is 295 cm³/mol. The molecule has 404 valence electrons. The first-order valence-corrected chi connectivity index (χ1v) is 27.4. The van der Waals surface area contributed by atoms with E-state index in [0.29, 0.717) is 40.2 Å². The van der Waals surface area contributed by atoms with E-state index in [2.05, 4.69) is 51.5 Å². The average molecular weight is 1070 g/mol. The van der Waals surface area contributed by atoms with E-state index in [4.69, 9.17) is 24.5 Å². The van der Waals surface area contributed by atoms with Gasteiger partial charge in [0, 0.05) is 80.6 Å². The number of carbonyl (C=O) groups is 2. The number of rotatable bonds is 18. The van der Waals surface area contributed by atoms with E-state index in [1.54, 1.807) is 35.7 Å². The van der Waals surface area contributed by atoms with Gasteiger partial charge in [0.2, 0.25) is 17.7 Å². The number of piperazine rings is 1. The molecule has 6 atom stereocenters. The van der Waals surface area contributed by atoms with Gasteiger partial charge in [-0.05, 0) is 97.4 Å². The lowest BCUT2D eigenvalue weighted by atomic mass is 9.91. The Balaban J connectivity index is 0.623. The minimum Gasteiger partial charge on any atom is -0.507 e. The number of ether oxygens (including phenoxy) is 3. The number of carbonyl (C=O) groups excluding carboxylic acids is 2. The number of aromatic nitrogens is 6. The molecule has 2 aromatic carbocycles. The van der Waals surface area contributed by atoms with Gasteiger partial charge in [-0.2, -0.15) is 0 Å². The molecule has 0 spiro atoms. The van der Waals surface area contributed by atoms with Gasteiger partial charge >= 0.3 is 0 Å². The third-order valence-corrected chi connectivity index (χ3v) is 16.2. The number of phenols is 1. The highest BCUT2D eigenvalue weighted by Gasteiger charge is 2.44. The molecule has 3 aliphatic heterocycles. The van der Waals surface area contributed by atoms with Crippen LogP contribution < -0.4 is 35.1 Å². The molecule has 2 amide bonds. The number of nitrogens with one attached hydrogen (secondary N) is 1. The normalized spacial score (nSPS) is 21.6. The van der Waals surface area contributed by atoms with Crippen LogP contribution in [0, 0.1) is 12.8 Å². The molecule has 19 nitrogen and oxygen atoms in total. The van der Waals surface area contributed by atoms with Crippen molar-refractivity contribution in [1.29, 1.82) is 0 Å². The van der Waals surface area contributed by atoms with Crippen LogP contribution >= 0.6 is 11.3 Å². The molecular formula is C58H63N11O8S. The van der Waals surface area contributed by atoms with Crippen LogP contribution in [-0.2, 0) is 9.59 Å². The number of likely N-dealkylation sites (tertiary alicyclic amines) is 1. The van der Waals surface area contributed by atoms with Gasteiger partial charge < -0.3 is 54.7 Å². The summed E-state index contributed by atoms with van der Waals surface area (Å²) in [6.45, 7) is 9.43. The number of aryl methyl sites for hydroxylation is 1. The molecule has 2 unspecified atom stereocenters. The van der Waals surface area contributed by atoms with Crippen molar-refractivity contribution >= 4 is 46.4 Å². The zero-order chi connectivity index (χ0) is 54.0. The van der Waals surface area contributed by atoms with Crippen molar-refractivity contribution in [3.63, 3.8) is 0 Å². The van der Waals surface area contributed by atoms with Crippen LogP contribution in [0.1, 0.15) is 87.5 Å². The predicted octanol–water partition coefficient (Wildman–Crippen LogP) is 8.16. The number of nitrogens with two attached hydrogens (primary N) is 1. The van der Waals surface area contributed by atoms with Crippen LogP contribution in [0.25, 0.3) is 27.8 Å². The van der Waals surface area contributed by atoms with Gasteiger partial charge in [-0.1, -0.05) is 50.2 Å². The molecular weight excluding hydrogens is 1010 g/mol. The molecule has 4 aliphatic rings. The summed E-state index contributed by atoms with van der Waals surface area (Å²) in [6.07, 6.45) is 9.95. The second-order valence-electron chi connectivity index (χ2n) is 21.0. The molecule has 4 fully saturated rings. The van der Waals surface area contributed by atoms with E-state index in [0.717, 1.165) is 71.8 Å². The van der Waals surface area contributed by atoms with Gasteiger partial charge in [-0.25, -0.2) is 9.97 Å². The van der Waals surface area contributed by atoms with Gasteiger partial charge in [0.15, 0.2) is 11.6 Å². The summed E-state index contributed by atoms with van der Waals surface area (Å²) in [7, 11) is 0. The number of nitrogen functional groups attached to an aromatic ring is 1. The molecule has 1 aliphatic carbocycles. The molecule has 8 heterocycles. The summed E-state index contributed by atoms with van der Waals surface area (Å²) < 4.78 is 24.1. The highest BCUT2D eigenvalue weighted by atomic mass is 32.1. The van der Waals surface area contributed by atoms with Gasteiger partial charge in [-0.15, -0.1) is 21.5 Å². The molecule has 11 rings (SSSR count). The minimum atomic E-state index is -0.851. The Morgan fingerprint density at radius 2 is 1.68 bits per heavy atom. The first-order valence-electron chi connectivity index (χ1n) is 26.6. The van der Waals surface area contributed by atoms with Crippen molar-refractivity contribution in [2.24, 2.45) is 5.92 Å². The topological polar surface area (TPSA) is 241 Å². The minimum absolute atomic E-state index is 0.0102. The highest BCUT2D eigenvalue weighted by molar-refractivity contribution is 7.13. The maximum atomic E-state index is 14.2. The number of anilines is 3. The fourth-order valence-electron chi connectivity index (χ4n) is 11.1. The van der Waals surface area contributed by atoms with Crippen molar-refractivity contribution in [3.05, 3.63) is 132 Å². The molecule has 78 heavy (non-hydrogen) atoms. The van der Waals surface area contributed by atoms with Crippen LogP contribution in [0.3, 0.4) is 0 Å². The fourth-order valence-corrected chi connectivity index (χ4v) is 12.0. The van der Waals surface area contributed by atoms with E-state index in [1.165, 1.54) is 4.90 Å². The molecule has 1 saturated carbocycles. The Bertz CT molecular complexity index is 3260. The standard InChI is InChI=1S/C58H63N11O8S/c1-33(2)54(58(73)68-31-42(70)23-49(68)57(72)63-34(3)36-11-13-37(14-12-36)55-35(4)62-32-78-55)51-27-53(66-77-51)74-21-7-8-38-15-18-43(28-61-38)75-44-24-45(25-44)76-52-22-39(19-20-60-52)69-40-16-17-41(69)30-67(29-40)48-26-47(64-65-56(48)59)46-9-5-6-10-50(46)71/h5-15,18-20,22,26-28,32-34,40-42,44-45,49,54,70-71H,16-17,21,23-25,29-31H2,1-4H3,(H2,59,65)(H,63,72)/b8-7+/t34-,40?,41?,42+,44-,45-,49-,54-/m0/s1. The largest absolute Gasteiger partial charge is 0.507 e. The number of aliphatic hydroxyl groups is 1. The molecule has 7 aromatic rings. The van der Waals surface area contributed by atoms with E-state index in [9.17, 15) is 19.8 Å². The van der Waals surface area contributed by atoms with Gasteiger partial charge in [0.25, 0.3) is 5.88 Å². The van der Waals surface area contributed by atoms with Crippen molar-refractivity contribution in [3.8, 4) is 45.0 Å². The number of pyridine rings is 2. The number of hydrogen-bond donors (Lipinski definition) is 4. The Hall–Kier alpha value is -8.10. The smallest absolute Gasteiger partial charge is 0.254 e. The first-order chi connectivity index (χ1) is 37.8. The van der Waals surface area contributed by atoms with Crippen LogP contribution in [0.4, 0.5) is 17.2 Å². The Morgan fingerprint density at radius 1 is 0.897 bits per heavy atom. The number of para-hydroxylation sites is 1. The number of aliphatic hydroxyl groups excluding tert-OH is 1. The first kappa shape index (κ1) is 52.0. The third-order valence-electron chi connectivity index (χ3n) is 15.2. The molecule has 5 N–H and O–H groups in total. The van der Waals surface area contributed by atoms with Crippen molar-refractivity contribution in [2.75, 3.05) is 41.8 Å². The van der Waals surface area contributed by atoms with E-state index >= 15 is 0 Å². The lowest BCUT2D eigenvalue weighted by Crippen LogP contribution is -2.54. The summed E-state index contributed by atoms with van der Waals surface area (Å²) in [6, 6.07) is 25.8. The summed E-state index contributed by atoms with van der Waals surface area (Å²) in [5.74, 6) is 0.684. The summed E-state index contributed by atoms with van der Waals surface area (Å²) in [5, 5.41) is 36.8. The van der Waals surface area contributed by atoms with E-state index < -0.39 is 18.1 Å². The number of fused-ring (bicyclic) bond motifs is 2. The molecule has 0 radical (unpaired) electrons. The van der Waals surface area contributed by atoms with E-state index in [-0.39, 0.29) is 79.3 Å². The lowest BCUT2D eigenvalue weighted by molar-refractivity contribution is -0.141. The maximum absolute atomic E-state index is 14.2. The van der Waals surface area contributed by atoms with Gasteiger partial charge in [0.1, 0.15) is 42.3 Å². The van der Waals surface area contributed by atoms with Crippen LogP contribution in [0.2, 0.25) is 0 Å². The zero-order valence-corrected chi connectivity index (χ0v) is 44.7. The fraction of sp³-hybridized carbons (Fsp3) is 0.379. The van der Waals surface area contributed by atoms with Gasteiger partial charge in [-0.3, -0.25) is 14.6 Å². The summed E-state index contributed by atoms with van der Waals surface area (Å²) >= 11 is 1.58. The molecule has 5 aromatic heterocycles. The highest BCUT2D eigenvalue weighted by Crippen LogP contribution is 2.41. The maximum Gasteiger partial charge on any atom is 0.254 e. The quantitative estimate of drug-likeness (QED) is 0.0634. The number of thiazole rings is 1. The zero-order valence-electron chi connectivity index (χ0n) is 43.9. The van der Waals surface area contributed by atoms with Crippen LogP contribution in [-0.4, -0.2) is 120 Å². The second kappa shape index (κ2) is 22.5. The monoisotopic (exact) mass is 1070 g/mol. The molecule has 2 bridgehead atoms. The van der Waals surface area contributed by atoms with Crippen LogP contribution in [0.5, 0.6) is 23.3 Å². The summed E-state index contributed by atoms with van der Waals surface area (Å²) in [4.78, 5) is 48.7. The van der Waals surface area contributed by atoms with Crippen LogP contribution in [0.15, 0.2) is 113 Å². The Morgan fingerprint density at radius 3 is 2.41 bits per heavy atom. The van der Waals surface area contributed by atoms with Crippen molar-refractivity contribution in [2.45, 2.75) is 108 Å². The number of phenolic OH excluding ortho intramolecular Hbond substituents is 1. The van der Waals surface area contributed by atoms with Gasteiger partial charge in [0.05, 0.1) is 51.5 Å². The Kier molecular flexibility index (Phi) is 15.0. The Labute approximate surface area is 456 Å². The van der Waals surface area contributed by atoms with E-state index in [1.807, 2.05) is 112 Å². The number of hydrogen-bond acceptors (Lipinski definition) is 18.